The number of nitrogens with zero attached hydrogens (tertiary/aromatic N) is 9. The van der Waals surface area contributed by atoms with E-state index in [-0.39, 0.29) is 52.8 Å². The molecule has 0 aliphatic heterocycles. The third-order valence-corrected chi connectivity index (χ3v) is 3.95. The molecule has 24 heteroatoms. The summed E-state index contributed by atoms with van der Waals surface area (Å²) in [5, 5.41) is 51.8. The topological polar surface area (TPSA) is 342 Å². The van der Waals surface area contributed by atoms with Crippen molar-refractivity contribution in [3.8, 4) is 0 Å². The van der Waals surface area contributed by atoms with Crippen molar-refractivity contribution >= 4 is 12.4 Å². The minimum Gasteiger partial charge on any atom is -0.397 e. The summed E-state index contributed by atoms with van der Waals surface area (Å²) in [5.74, 6) is 0. The van der Waals surface area contributed by atoms with Crippen LogP contribution in [0, 0.1) is 85.9 Å². The van der Waals surface area contributed by atoms with Crippen molar-refractivity contribution in [1.82, 2.24) is 34.8 Å². The summed E-state index contributed by atoms with van der Waals surface area (Å²) in [7, 11) is 0. The van der Waals surface area contributed by atoms with E-state index >= 15 is 0 Å². The van der Waals surface area contributed by atoms with E-state index in [1.807, 2.05) is 13.1 Å². The smallest absolute Gasteiger partial charge is 0.397 e. The summed E-state index contributed by atoms with van der Waals surface area (Å²) in [6.07, 6.45) is 13.6. The van der Waals surface area contributed by atoms with Crippen molar-refractivity contribution < 1.29 is 65.0 Å². The van der Waals surface area contributed by atoms with Crippen LogP contribution < -0.4 is 0 Å². The standard InChI is InChI=1S/C18H25N9O.C2H6O.Gd.3NO3/c1-2-28-18(17-11-23-14-26-17)27(5-3-19-7-15-9-21-12-24-15)6-4-20-8-16-10-22-13-25-16;1-2-3;;3*2-1(3)4/h7-14,18H,2-6H2,1H3,(H,21,24)(H,22,25)(H,23,26);3H,2H2,1H3;;;;/q;;+3;3*-1/t18-;;;;;/m0...../s1. The van der Waals surface area contributed by atoms with Crippen LogP contribution in [-0.2, 0) is 4.74 Å². The predicted octanol–water partition coefficient (Wildman–Crippen LogP) is 0.713. The molecule has 245 valence electrons. The summed E-state index contributed by atoms with van der Waals surface area (Å²) < 4.78 is 5.96. The number of aliphatic hydroxyl groups is 1. The zero-order valence-electron chi connectivity index (χ0n) is 23.3. The van der Waals surface area contributed by atoms with Crippen molar-refractivity contribution in [2.75, 3.05) is 39.4 Å². The third kappa shape index (κ3) is 29.3. The Labute approximate surface area is 281 Å². The van der Waals surface area contributed by atoms with Gasteiger partial charge < -0.3 is 70.8 Å². The predicted molar refractivity (Wildman–Crippen MR) is 150 cm³/mol. The molecule has 0 saturated heterocycles. The fourth-order valence-corrected chi connectivity index (χ4v) is 2.66. The summed E-state index contributed by atoms with van der Waals surface area (Å²) in [6, 6.07) is 0. The van der Waals surface area contributed by atoms with E-state index in [9.17, 15) is 0 Å². The van der Waals surface area contributed by atoms with Gasteiger partial charge in [0.25, 0.3) is 0 Å². The van der Waals surface area contributed by atoms with Gasteiger partial charge in [-0.1, -0.05) is 0 Å². The van der Waals surface area contributed by atoms with E-state index in [0.29, 0.717) is 32.8 Å². The molecule has 44 heavy (non-hydrogen) atoms. The van der Waals surface area contributed by atoms with Crippen LogP contribution in [0.5, 0.6) is 0 Å². The molecule has 3 rings (SSSR count). The Morgan fingerprint density at radius 1 is 0.818 bits per heavy atom. The molecule has 4 N–H and O–H groups in total. The Hall–Kier alpha value is -4.23. The Balaban J connectivity index is -0.000000881. The van der Waals surface area contributed by atoms with Gasteiger partial charge in [0.2, 0.25) is 0 Å². The number of aromatic amines is 3. The number of rotatable bonds is 12. The van der Waals surface area contributed by atoms with E-state index < -0.39 is 15.3 Å². The molecular formula is C20H31GdN12O11. The number of nitrogens with one attached hydrogen (secondary N) is 3. The Bertz CT molecular complexity index is 1050. The van der Waals surface area contributed by atoms with Crippen LogP contribution in [0.25, 0.3) is 0 Å². The number of aliphatic imine (C=N–C) groups is 2. The first-order valence-electron chi connectivity index (χ1n) is 11.8. The number of H-pyrrole nitrogens is 3. The minimum absolute atomic E-state index is 0. The van der Waals surface area contributed by atoms with Crippen LogP contribution in [-0.4, -0.2) is 107 Å². The van der Waals surface area contributed by atoms with E-state index in [2.05, 4.69) is 44.8 Å². The van der Waals surface area contributed by atoms with Crippen molar-refractivity contribution in [3.05, 3.63) is 101 Å². The second-order valence-corrected chi connectivity index (χ2v) is 6.88. The van der Waals surface area contributed by atoms with Gasteiger partial charge in [-0.2, -0.15) is 0 Å². The van der Waals surface area contributed by atoms with Crippen LogP contribution in [0.1, 0.15) is 37.2 Å². The van der Waals surface area contributed by atoms with Gasteiger partial charge in [-0.05, 0) is 13.8 Å². The quantitative estimate of drug-likeness (QED) is 0.0852. The first-order chi connectivity index (χ1) is 20.5. The fraction of sp³-hybridized carbons (Fsp3) is 0.450. The molecule has 0 bridgehead atoms. The number of hydrogen-bond acceptors (Lipinski definition) is 17. The summed E-state index contributed by atoms with van der Waals surface area (Å²) in [4.78, 5) is 57.3. The fourth-order valence-electron chi connectivity index (χ4n) is 2.66. The summed E-state index contributed by atoms with van der Waals surface area (Å²) in [5.41, 5.74) is 2.46. The number of hydrogen-bond donors (Lipinski definition) is 4. The van der Waals surface area contributed by atoms with E-state index in [1.165, 1.54) is 0 Å². The molecule has 3 aromatic rings. The van der Waals surface area contributed by atoms with Gasteiger partial charge in [-0.25, -0.2) is 15.0 Å². The molecule has 1 radical (unpaired) electrons. The van der Waals surface area contributed by atoms with Gasteiger partial charge in [0.05, 0.1) is 58.7 Å². The van der Waals surface area contributed by atoms with Crippen LogP contribution in [0.4, 0.5) is 0 Å². The summed E-state index contributed by atoms with van der Waals surface area (Å²) in [6.45, 7) is 7.13. The number of ether oxygens (including phenoxy) is 1. The van der Waals surface area contributed by atoms with E-state index in [4.69, 9.17) is 55.8 Å². The first-order valence-corrected chi connectivity index (χ1v) is 11.8. The molecule has 0 aliphatic rings. The zero-order chi connectivity index (χ0) is 32.9. The SMILES string of the molecule is CCO.CCO[C@@H](c1c[nH]cn1)N(CCN=Cc1c[nH]cn1)CCN=Cc1c[nH]cn1.O=[N+]([O-])[O-].O=[N+]([O-])[O-].O=[N+]([O-])[O-].[Gd+3]. The number of aliphatic hydroxyl groups excluding tert-OH is 1. The van der Waals surface area contributed by atoms with Crippen LogP contribution >= 0.6 is 0 Å². The van der Waals surface area contributed by atoms with Gasteiger partial charge in [-0.15, -0.1) is 0 Å². The maximum absolute atomic E-state index is 8.25. The van der Waals surface area contributed by atoms with Gasteiger partial charge >= 0.3 is 39.9 Å². The van der Waals surface area contributed by atoms with E-state index in [1.54, 1.807) is 50.7 Å². The summed E-state index contributed by atoms with van der Waals surface area (Å²) >= 11 is 0. The van der Waals surface area contributed by atoms with Crippen molar-refractivity contribution in [3.63, 3.8) is 0 Å². The Morgan fingerprint density at radius 2 is 1.18 bits per heavy atom. The second kappa shape index (κ2) is 30.2. The maximum atomic E-state index is 8.25. The molecule has 0 aromatic carbocycles. The molecule has 3 heterocycles. The van der Waals surface area contributed by atoms with E-state index in [0.717, 1.165) is 17.1 Å². The molecule has 0 fully saturated rings. The molecule has 3 aromatic heterocycles. The Kier molecular flexibility index (Phi) is 30.4. The molecule has 0 spiro atoms. The molecule has 23 nitrogen and oxygen atoms in total. The molecular weight excluding hydrogens is 742 g/mol. The monoisotopic (exact) mass is 773 g/mol. The van der Waals surface area contributed by atoms with Gasteiger partial charge in [-0.3, -0.25) is 14.9 Å². The van der Waals surface area contributed by atoms with Crippen LogP contribution in [0.2, 0.25) is 0 Å². The second-order valence-electron chi connectivity index (χ2n) is 6.88. The first kappa shape index (κ1) is 44.2. The Morgan fingerprint density at radius 3 is 1.48 bits per heavy atom. The zero-order valence-corrected chi connectivity index (χ0v) is 25.6. The number of aromatic nitrogens is 6. The molecule has 0 unspecified atom stereocenters. The van der Waals surface area contributed by atoms with Crippen molar-refractivity contribution in [2.45, 2.75) is 20.1 Å². The maximum Gasteiger partial charge on any atom is 3.00 e. The van der Waals surface area contributed by atoms with Crippen molar-refractivity contribution in [2.24, 2.45) is 9.98 Å². The molecule has 1 atom stereocenters. The van der Waals surface area contributed by atoms with Crippen LogP contribution in [0.3, 0.4) is 0 Å². The van der Waals surface area contributed by atoms with Crippen LogP contribution in [0.15, 0.2) is 47.6 Å². The average molecular weight is 773 g/mol. The number of imidazole rings is 3. The third-order valence-electron chi connectivity index (χ3n) is 3.95. The van der Waals surface area contributed by atoms with Gasteiger partial charge in [0.15, 0.2) is 6.23 Å². The van der Waals surface area contributed by atoms with Crippen molar-refractivity contribution in [1.29, 1.82) is 0 Å². The normalized spacial score (nSPS) is 10.5. The molecule has 0 amide bonds. The largest absolute Gasteiger partial charge is 3.00 e. The minimum atomic E-state index is -1.75. The van der Waals surface area contributed by atoms with Gasteiger partial charge in [0, 0.05) is 57.3 Å². The molecule has 0 saturated carbocycles. The average Bonchev–Trinajstić information content (AvgIpc) is 3.71. The van der Waals surface area contributed by atoms with Gasteiger partial charge in [0.1, 0.15) is 5.69 Å². The molecule has 0 aliphatic carbocycles.